The summed E-state index contributed by atoms with van der Waals surface area (Å²) in [6.07, 6.45) is 0. The topological polar surface area (TPSA) is 46.0 Å². The molecule has 0 atom stereocenters. The van der Waals surface area contributed by atoms with Crippen molar-refractivity contribution in [2.24, 2.45) is 0 Å². The van der Waals surface area contributed by atoms with Gasteiger partial charge in [-0.15, -0.1) is 5.10 Å². The molecule has 0 spiro atoms. The van der Waals surface area contributed by atoms with Crippen LogP contribution in [0.4, 0.5) is 0 Å². The van der Waals surface area contributed by atoms with E-state index in [9.17, 15) is 0 Å². The lowest BCUT2D eigenvalue weighted by Crippen LogP contribution is -1.79. The predicted molar refractivity (Wildman–Crippen MR) is 25.8 cm³/mol. The third-order valence-electron chi connectivity index (χ3n) is 0.567. The second kappa shape index (κ2) is 1.99. The van der Waals surface area contributed by atoms with E-state index in [4.69, 9.17) is 5.11 Å². The predicted octanol–water partition coefficient (Wildman–Crippen LogP) is 0.0304. The molecule has 1 heterocycles. The van der Waals surface area contributed by atoms with Crippen LogP contribution in [-0.4, -0.2) is 14.7 Å². The summed E-state index contributed by atoms with van der Waals surface area (Å²) in [5.41, 5.74) is 0.644. The largest absolute Gasteiger partial charge is 0.390 e. The van der Waals surface area contributed by atoms with Crippen LogP contribution in [-0.2, 0) is 6.61 Å². The Labute approximate surface area is 44.8 Å². The van der Waals surface area contributed by atoms with Crippen molar-refractivity contribution in [1.82, 2.24) is 9.59 Å². The maximum atomic E-state index is 8.33. The standard InChI is InChI=1S/C3H4N2OS/c6-1-3-2-7-5-4-3/h2,6H,1H2. The second-order valence-corrected chi connectivity index (χ2v) is 1.66. The van der Waals surface area contributed by atoms with Gasteiger partial charge in [-0.1, -0.05) is 4.49 Å². The summed E-state index contributed by atoms with van der Waals surface area (Å²) in [5.74, 6) is 0. The van der Waals surface area contributed by atoms with E-state index in [-0.39, 0.29) is 6.61 Å². The van der Waals surface area contributed by atoms with Crippen molar-refractivity contribution in [1.29, 1.82) is 0 Å². The number of rotatable bonds is 1. The Morgan fingerprint density at radius 2 is 2.71 bits per heavy atom. The van der Waals surface area contributed by atoms with Crippen LogP contribution < -0.4 is 0 Å². The molecule has 1 rings (SSSR count). The Hall–Kier alpha value is -0.480. The summed E-state index contributed by atoms with van der Waals surface area (Å²) in [6, 6.07) is 0. The average Bonchev–Trinajstić information content (AvgIpc) is 2.14. The van der Waals surface area contributed by atoms with Gasteiger partial charge >= 0.3 is 0 Å². The summed E-state index contributed by atoms with van der Waals surface area (Å²) < 4.78 is 3.52. The molecule has 0 fully saturated rings. The molecule has 0 aromatic carbocycles. The van der Waals surface area contributed by atoms with Crippen molar-refractivity contribution >= 4 is 11.5 Å². The minimum atomic E-state index is -0.00347. The maximum absolute atomic E-state index is 8.33. The lowest BCUT2D eigenvalue weighted by atomic mass is 10.6. The molecule has 0 saturated heterocycles. The first-order valence-corrected chi connectivity index (χ1v) is 2.64. The summed E-state index contributed by atoms with van der Waals surface area (Å²) in [6.45, 7) is -0.00347. The average molecular weight is 116 g/mol. The van der Waals surface area contributed by atoms with E-state index in [0.29, 0.717) is 5.69 Å². The Balaban J connectivity index is 2.76. The van der Waals surface area contributed by atoms with Gasteiger partial charge in [0.25, 0.3) is 0 Å². The van der Waals surface area contributed by atoms with Gasteiger partial charge in [-0.05, 0) is 11.5 Å². The first-order chi connectivity index (χ1) is 3.43. The normalized spacial score (nSPS) is 9.29. The Bertz CT molecular complexity index is 127. The van der Waals surface area contributed by atoms with E-state index in [2.05, 4.69) is 9.59 Å². The zero-order chi connectivity index (χ0) is 5.11. The number of hydrogen-bond donors (Lipinski definition) is 1. The molecule has 0 amide bonds. The van der Waals surface area contributed by atoms with Crippen LogP contribution in [0.5, 0.6) is 0 Å². The molecule has 0 radical (unpaired) electrons. The quantitative estimate of drug-likeness (QED) is 0.563. The van der Waals surface area contributed by atoms with Gasteiger partial charge in [0.2, 0.25) is 0 Å². The van der Waals surface area contributed by atoms with Gasteiger partial charge in [0.1, 0.15) is 5.69 Å². The van der Waals surface area contributed by atoms with Crippen LogP contribution >= 0.6 is 11.5 Å². The van der Waals surface area contributed by atoms with Crippen molar-refractivity contribution in [3.05, 3.63) is 11.1 Å². The van der Waals surface area contributed by atoms with Gasteiger partial charge in [0.05, 0.1) is 6.61 Å². The van der Waals surface area contributed by atoms with Crippen molar-refractivity contribution in [3.8, 4) is 0 Å². The van der Waals surface area contributed by atoms with Crippen molar-refractivity contribution in [2.75, 3.05) is 0 Å². The van der Waals surface area contributed by atoms with Gasteiger partial charge in [0, 0.05) is 5.38 Å². The van der Waals surface area contributed by atoms with E-state index in [1.165, 1.54) is 11.5 Å². The fourth-order valence-electron chi connectivity index (χ4n) is 0.253. The van der Waals surface area contributed by atoms with E-state index in [1.807, 2.05) is 0 Å². The lowest BCUT2D eigenvalue weighted by molar-refractivity contribution is 0.276. The highest BCUT2D eigenvalue weighted by atomic mass is 32.1. The molecule has 0 bridgehead atoms. The monoisotopic (exact) mass is 116 g/mol. The molecular formula is C3H4N2OS. The van der Waals surface area contributed by atoms with Crippen LogP contribution in [0.3, 0.4) is 0 Å². The highest BCUT2D eigenvalue weighted by molar-refractivity contribution is 7.03. The summed E-state index contributed by atoms with van der Waals surface area (Å²) in [7, 11) is 0. The Morgan fingerprint density at radius 3 is 3.00 bits per heavy atom. The Kier molecular flexibility index (Phi) is 1.33. The molecule has 38 valence electrons. The van der Waals surface area contributed by atoms with Gasteiger partial charge in [0.15, 0.2) is 0 Å². The maximum Gasteiger partial charge on any atom is 0.101 e. The third kappa shape index (κ3) is 0.942. The molecule has 0 unspecified atom stereocenters. The van der Waals surface area contributed by atoms with Crippen LogP contribution in [0, 0.1) is 0 Å². The molecule has 0 aliphatic heterocycles. The van der Waals surface area contributed by atoms with E-state index in [0.717, 1.165) is 0 Å². The minimum Gasteiger partial charge on any atom is -0.390 e. The highest BCUT2D eigenvalue weighted by Crippen LogP contribution is 1.93. The number of aliphatic hydroxyl groups is 1. The summed E-state index contributed by atoms with van der Waals surface area (Å²) >= 11 is 1.24. The third-order valence-corrected chi connectivity index (χ3v) is 1.12. The van der Waals surface area contributed by atoms with E-state index < -0.39 is 0 Å². The fourth-order valence-corrected chi connectivity index (χ4v) is 0.695. The van der Waals surface area contributed by atoms with E-state index in [1.54, 1.807) is 5.38 Å². The van der Waals surface area contributed by atoms with Gasteiger partial charge in [-0.3, -0.25) is 0 Å². The molecule has 1 N–H and O–H groups in total. The van der Waals surface area contributed by atoms with Crippen LogP contribution in [0.2, 0.25) is 0 Å². The Morgan fingerprint density at radius 1 is 1.86 bits per heavy atom. The highest BCUT2D eigenvalue weighted by Gasteiger charge is 1.87. The van der Waals surface area contributed by atoms with Gasteiger partial charge in [-0.2, -0.15) is 0 Å². The molecule has 3 nitrogen and oxygen atoms in total. The molecule has 0 saturated carbocycles. The molecule has 1 aromatic rings. The van der Waals surface area contributed by atoms with Gasteiger partial charge in [-0.25, -0.2) is 0 Å². The molecule has 0 aliphatic rings. The zero-order valence-corrected chi connectivity index (χ0v) is 4.35. The fraction of sp³-hybridized carbons (Fsp3) is 0.333. The minimum absolute atomic E-state index is 0.00347. The van der Waals surface area contributed by atoms with Crippen molar-refractivity contribution in [2.45, 2.75) is 6.61 Å². The van der Waals surface area contributed by atoms with Crippen LogP contribution in [0.1, 0.15) is 5.69 Å². The van der Waals surface area contributed by atoms with Crippen LogP contribution in [0.25, 0.3) is 0 Å². The number of aliphatic hydroxyl groups excluding tert-OH is 1. The van der Waals surface area contributed by atoms with Crippen molar-refractivity contribution in [3.63, 3.8) is 0 Å². The van der Waals surface area contributed by atoms with E-state index >= 15 is 0 Å². The molecule has 7 heavy (non-hydrogen) atoms. The lowest BCUT2D eigenvalue weighted by Gasteiger charge is -1.75. The van der Waals surface area contributed by atoms with Gasteiger partial charge < -0.3 is 5.11 Å². The molecule has 1 aromatic heterocycles. The SMILES string of the molecule is OCc1csnn1. The molecular weight excluding hydrogens is 112 g/mol. The first kappa shape index (κ1) is 4.67. The second-order valence-electron chi connectivity index (χ2n) is 1.05. The summed E-state index contributed by atoms with van der Waals surface area (Å²) in [4.78, 5) is 0. The number of aromatic nitrogens is 2. The first-order valence-electron chi connectivity index (χ1n) is 1.80. The zero-order valence-electron chi connectivity index (χ0n) is 3.53. The molecule has 0 aliphatic carbocycles. The number of hydrogen-bond acceptors (Lipinski definition) is 4. The summed E-state index contributed by atoms with van der Waals surface area (Å²) in [5, 5.41) is 13.6. The number of nitrogens with zero attached hydrogens (tertiary/aromatic N) is 2. The molecule has 4 heteroatoms. The smallest absolute Gasteiger partial charge is 0.101 e. The van der Waals surface area contributed by atoms with Crippen LogP contribution in [0.15, 0.2) is 5.38 Å². The van der Waals surface area contributed by atoms with Crippen molar-refractivity contribution < 1.29 is 5.11 Å².